The number of benzene rings is 1. The second-order valence-electron chi connectivity index (χ2n) is 2.02. The van der Waals surface area contributed by atoms with Gasteiger partial charge in [0.1, 0.15) is 5.82 Å². The van der Waals surface area contributed by atoms with Gasteiger partial charge in [-0.15, -0.1) is 0 Å². The van der Waals surface area contributed by atoms with Gasteiger partial charge >= 0.3 is 0 Å². The molecule has 2 N–H and O–H groups in total. The summed E-state index contributed by atoms with van der Waals surface area (Å²) in [5, 5.41) is 0. The molecule has 0 aliphatic carbocycles. The summed E-state index contributed by atoms with van der Waals surface area (Å²) in [7, 11) is 0. The van der Waals surface area contributed by atoms with Gasteiger partial charge in [0.2, 0.25) is 0 Å². The van der Waals surface area contributed by atoms with E-state index in [1.54, 1.807) is 12.1 Å². The van der Waals surface area contributed by atoms with E-state index in [0.717, 1.165) is 0 Å². The Kier molecular flexibility index (Phi) is 2.65. The van der Waals surface area contributed by atoms with Gasteiger partial charge in [-0.05, 0) is 18.2 Å². The number of halogens is 1. The van der Waals surface area contributed by atoms with Crippen molar-refractivity contribution in [1.82, 2.24) is 0 Å². The molecular weight excluding hydrogens is 141 g/mol. The number of hydrogen-bond donors (Lipinski definition) is 1. The first-order valence-corrected chi connectivity index (χ1v) is 3.27. The van der Waals surface area contributed by atoms with E-state index in [1.165, 1.54) is 12.1 Å². The SMILES string of the molecule is NCC#Cc1cccc(F)c1. The molecular formula is C9H8FN. The maximum Gasteiger partial charge on any atom is 0.124 e. The van der Waals surface area contributed by atoms with Crippen LogP contribution in [0.4, 0.5) is 4.39 Å². The molecule has 0 radical (unpaired) electrons. The Morgan fingerprint density at radius 2 is 2.27 bits per heavy atom. The predicted octanol–water partition coefficient (Wildman–Crippen LogP) is 1.14. The first-order valence-electron chi connectivity index (χ1n) is 3.27. The third-order valence-electron chi connectivity index (χ3n) is 1.16. The van der Waals surface area contributed by atoms with Crippen LogP contribution in [-0.2, 0) is 0 Å². The summed E-state index contributed by atoms with van der Waals surface area (Å²) in [4.78, 5) is 0. The third-order valence-corrected chi connectivity index (χ3v) is 1.16. The monoisotopic (exact) mass is 149 g/mol. The molecule has 0 fully saturated rings. The molecule has 0 saturated carbocycles. The highest BCUT2D eigenvalue weighted by atomic mass is 19.1. The molecule has 0 amide bonds. The van der Waals surface area contributed by atoms with Crippen molar-refractivity contribution >= 4 is 0 Å². The van der Waals surface area contributed by atoms with Crippen molar-refractivity contribution in [3.8, 4) is 11.8 Å². The maximum atomic E-state index is 12.5. The molecule has 0 saturated heterocycles. The second kappa shape index (κ2) is 3.75. The van der Waals surface area contributed by atoms with Gasteiger partial charge in [-0.2, -0.15) is 0 Å². The van der Waals surface area contributed by atoms with E-state index in [-0.39, 0.29) is 5.82 Å². The summed E-state index contributed by atoms with van der Waals surface area (Å²) in [5.74, 6) is 5.10. The van der Waals surface area contributed by atoms with Crippen molar-refractivity contribution in [2.24, 2.45) is 5.73 Å². The lowest BCUT2D eigenvalue weighted by Crippen LogP contribution is -1.93. The molecule has 0 aliphatic rings. The fourth-order valence-electron chi connectivity index (χ4n) is 0.719. The van der Waals surface area contributed by atoms with Crippen molar-refractivity contribution in [2.45, 2.75) is 0 Å². The number of rotatable bonds is 0. The van der Waals surface area contributed by atoms with E-state index < -0.39 is 0 Å². The minimum atomic E-state index is -0.270. The number of hydrogen-bond acceptors (Lipinski definition) is 1. The first kappa shape index (κ1) is 7.77. The Hall–Kier alpha value is -1.33. The molecule has 56 valence electrons. The lowest BCUT2D eigenvalue weighted by atomic mass is 10.2. The van der Waals surface area contributed by atoms with Gasteiger partial charge < -0.3 is 5.73 Å². The smallest absolute Gasteiger partial charge is 0.124 e. The Labute approximate surface area is 65.0 Å². The highest BCUT2D eigenvalue weighted by Gasteiger charge is 1.88. The average molecular weight is 149 g/mol. The van der Waals surface area contributed by atoms with Gasteiger partial charge in [0.15, 0.2) is 0 Å². The average Bonchev–Trinajstić information content (AvgIpc) is 2.01. The Morgan fingerprint density at radius 3 is 2.91 bits per heavy atom. The van der Waals surface area contributed by atoms with E-state index >= 15 is 0 Å². The molecule has 1 rings (SSSR count). The fourth-order valence-corrected chi connectivity index (χ4v) is 0.719. The zero-order valence-electron chi connectivity index (χ0n) is 5.97. The van der Waals surface area contributed by atoms with Gasteiger partial charge in [0.05, 0.1) is 6.54 Å². The van der Waals surface area contributed by atoms with Crippen LogP contribution < -0.4 is 5.73 Å². The topological polar surface area (TPSA) is 26.0 Å². The zero-order valence-corrected chi connectivity index (χ0v) is 5.97. The van der Waals surface area contributed by atoms with Crippen LogP contribution in [0.25, 0.3) is 0 Å². The van der Waals surface area contributed by atoms with E-state index in [4.69, 9.17) is 5.73 Å². The Morgan fingerprint density at radius 1 is 1.45 bits per heavy atom. The summed E-state index contributed by atoms with van der Waals surface area (Å²) in [5.41, 5.74) is 5.81. The third kappa shape index (κ3) is 2.40. The predicted molar refractivity (Wildman–Crippen MR) is 42.3 cm³/mol. The van der Waals surface area contributed by atoms with Crippen molar-refractivity contribution in [1.29, 1.82) is 0 Å². The highest BCUT2D eigenvalue weighted by Crippen LogP contribution is 2.00. The number of nitrogens with two attached hydrogens (primary N) is 1. The highest BCUT2D eigenvalue weighted by molar-refractivity contribution is 5.34. The summed E-state index contributed by atoms with van der Waals surface area (Å²) in [6.07, 6.45) is 0. The Balaban J connectivity index is 2.87. The molecule has 2 heteroatoms. The lowest BCUT2D eigenvalue weighted by molar-refractivity contribution is 0.627. The van der Waals surface area contributed by atoms with Crippen LogP contribution in [0, 0.1) is 17.7 Å². The minimum absolute atomic E-state index is 0.270. The standard InChI is InChI=1S/C9H8FN/c10-9-5-1-3-8(7-9)4-2-6-11/h1,3,5,7H,6,11H2. The quantitative estimate of drug-likeness (QED) is 0.550. The van der Waals surface area contributed by atoms with Crippen LogP contribution in [0.15, 0.2) is 24.3 Å². The van der Waals surface area contributed by atoms with Gasteiger partial charge in [-0.25, -0.2) is 4.39 Å². The molecule has 0 unspecified atom stereocenters. The normalized spacial score (nSPS) is 8.55. The molecule has 0 bridgehead atoms. The van der Waals surface area contributed by atoms with Crippen LogP contribution in [0.2, 0.25) is 0 Å². The fraction of sp³-hybridized carbons (Fsp3) is 0.111. The van der Waals surface area contributed by atoms with Crippen LogP contribution in [0.1, 0.15) is 5.56 Å². The molecule has 0 spiro atoms. The van der Waals surface area contributed by atoms with Crippen LogP contribution in [-0.4, -0.2) is 6.54 Å². The molecule has 11 heavy (non-hydrogen) atoms. The van der Waals surface area contributed by atoms with Crippen LogP contribution in [0.5, 0.6) is 0 Å². The minimum Gasteiger partial charge on any atom is -0.320 e. The first-order chi connectivity index (χ1) is 5.33. The van der Waals surface area contributed by atoms with Crippen LogP contribution >= 0.6 is 0 Å². The van der Waals surface area contributed by atoms with E-state index in [9.17, 15) is 4.39 Å². The van der Waals surface area contributed by atoms with Gasteiger partial charge in [0, 0.05) is 5.56 Å². The molecule has 0 atom stereocenters. The molecule has 1 nitrogen and oxygen atoms in total. The van der Waals surface area contributed by atoms with Crippen molar-refractivity contribution in [2.75, 3.05) is 6.54 Å². The van der Waals surface area contributed by atoms with E-state index in [2.05, 4.69) is 11.8 Å². The van der Waals surface area contributed by atoms with E-state index in [1.807, 2.05) is 0 Å². The van der Waals surface area contributed by atoms with Gasteiger partial charge in [-0.3, -0.25) is 0 Å². The molecule has 1 aromatic rings. The van der Waals surface area contributed by atoms with Crippen molar-refractivity contribution < 1.29 is 4.39 Å². The molecule has 0 aliphatic heterocycles. The van der Waals surface area contributed by atoms with Crippen molar-refractivity contribution in [3.05, 3.63) is 35.6 Å². The molecule has 1 aromatic carbocycles. The zero-order chi connectivity index (χ0) is 8.10. The molecule has 0 aromatic heterocycles. The molecule has 0 heterocycles. The van der Waals surface area contributed by atoms with Crippen LogP contribution in [0.3, 0.4) is 0 Å². The summed E-state index contributed by atoms with van der Waals surface area (Å²) >= 11 is 0. The summed E-state index contributed by atoms with van der Waals surface area (Å²) in [6, 6.07) is 6.12. The summed E-state index contributed by atoms with van der Waals surface area (Å²) in [6.45, 7) is 0.302. The lowest BCUT2D eigenvalue weighted by Gasteiger charge is -1.88. The van der Waals surface area contributed by atoms with Gasteiger partial charge in [-0.1, -0.05) is 17.9 Å². The van der Waals surface area contributed by atoms with Gasteiger partial charge in [0.25, 0.3) is 0 Å². The largest absolute Gasteiger partial charge is 0.320 e. The maximum absolute atomic E-state index is 12.5. The van der Waals surface area contributed by atoms with Crippen molar-refractivity contribution in [3.63, 3.8) is 0 Å². The summed E-state index contributed by atoms with van der Waals surface area (Å²) < 4.78 is 12.5. The second-order valence-corrected chi connectivity index (χ2v) is 2.02. The van der Waals surface area contributed by atoms with E-state index in [0.29, 0.717) is 12.1 Å². The Bertz CT molecular complexity index is 296.